The lowest BCUT2D eigenvalue weighted by Crippen LogP contribution is -2.20. The van der Waals surface area contributed by atoms with Crippen LogP contribution in [0.4, 0.5) is 0 Å². The molecule has 6 nitrogen and oxygen atoms in total. The Labute approximate surface area is 57.4 Å². The molecule has 0 rings (SSSR count). The second-order valence-corrected chi connectivity index (χ2v) is 2.62. The van der Waals surface area contributed by atoms with Crippen molar-refractivity contribution in [3.8, 4) is 0 Å². The van der Waals surface area contributed by atoms with Gasteiger partial charge in [0.05, 0.1) is 0 Å². The first-order valence-corrected chi connectivity index (χ1v) is 4.01. The molecule has 0 fully saturated rings. The Bertz CT molecular complexity index is 162. The van der Waals surface area contributed by atoms with Crippen LogP contribution in [0.25, 0.3) is 0 Å². The van der Waals surface area contributed by atoms with Crippen LogP contribution in [0.5, 0.6) is 0 Å². The van der Waals surface area contributed by atoms with E-state index >= 15 is 0 Å². The van der Waals surface area contributed by atoms with Crippen molar-refractivity contribution >= 4 is 13.7 Å². The molecule has 1 amide bonds. The molecule has 0 aromatic rings. The number of carbonyl (C=O) groups is 1. The quantitative estimate of drug-likeness (QED) is 0.392. The molecule has 3 N–H and O–H groups in total. The molecule has 0 saturated carbocycles. The van der Waals surface area contributed by atoms with Gasteiger partial charge >= 0.3 is 7.82 Å². The average Bonchev–Trinajstić information content (AvgIpc) is 1.81. The predicted molar refractivity (Wildman–Crippen MR) is 31.6 cm³/mol. The fourth-order valence-corrected chi connectivity index (χ4v) is 0.403. The van der Waals surface area contributed by atoms with Gasteiger partial charge in [-0.05, 0) is 0 Å². The second kappa shape index (κ2) is 3.68. The van der Waals surface area contributed by atoms with Gasteiger partial charge in [0.15, 0.2) is 0 Å². The molecule has 7 heteroatoms. The first-order valence-electron chi connectivity index (χ1n) is 2.48. The Balaban J connectivity index is 3.56. The summed E-state index contributed by atoms with van der Waals surface area (Å²) in [5, 5.41) is 0. The minimum atomic E-state index is -4.56. The summed E-state index contributed by atoms with van der Waals surface area (Å²) in [6.45, 7) is 1.53. The number of phosphoric acid groups is 1. The van der Waals surface area contributed by atoms with Crippen LogP contribution >= 0.6 is 7.82 Å². The van der Waals surface area contributed by atoms with Crippen molar-refractivity contribution in [2.75, 3.05) is 0 Å². The van der Waals surface area contributed by atoms with E-state index in [1.807, 2.05) is 0 Å². The van der Waals surface area contributed by atoms with Gasteiger partial charge in [0, 0.05) is 6.42 Å². The third kappa shape index (κ3) is 5.71. The van der Waals surface area contributed by atoms with Crippen LogP contribution in [0.15, 0.2) is 0 Å². The van der Waals surface area contributed by atoms with Crippen molar-refractivity contribution in [2.45, 2.75) is 13.3 Å². The molecule has 0 aromatic heterocycles. The van der Waals surface area contributed by atoms with Crippen LogP contribution < -0.4 is 5.48 Å². The fourth-order valence-electron chi connectivity index (χ4n) is 0.183. The number of rotatable bonds is 3. The zero-order chi connectivity index (χ0) is 8.20. The van der Waals surface area contributed by atoms with E-state index < -0.39 is 13.7 Å². The van der Waals surface area contributed by atoms with Gasteiger partial charge < -0.3 is 9.79 Å². The molecule has 0 aliphatic rings. The van der Waals surface area contributed by atoms with Gasteiger partial charge in [-0.1, -0.05) is 6.92 Å². The Kier molecular flexibility index (Phi) is 3.52. The van der Waals surface area contributed by atoms with Gasteiger partial charge in [0.1, 0.15) is 0 Å². The standard InChI is InChI=1S/C3H8NO5P/c1-2-3(5)4-9-10(6,7)8/h2H2,1H3,(H,4,5)(H2,6,7,8). The van der Waals surface area contributed by atoms with Gasteiger partial charge in [-0.3, -0.25) is 4.79 Å². The summed E-state index contributed by atoms with van der Waals surface area (Å²) >= 11 is 0. The molecule has 0 bridgehead atoms. The Hall–Kier alpha value is -0.420. The molecule has 10 heavy (non-hydrogen) atoms. The highest BCUT2D eigenvalue weighted by molar-refractivity contribution is 7.46. The normalized spacial score (nSPS) is 11.1. The minimum absolute atomic E-state index is 0.111. The van der Waals surface area contributed by atoms with Crippen molar-refractivity contribution in [3.63, 3.8) is 0 Å². The number of hydroxylamine groups is 1. The van der Waals surface area contributed by atoms with Crippen molar-refractivity contribution in [3.05, 3.63) is 0 Å². The third-order valence-electron chi connectivity index (χ3n) is 0.600. The van der Waals surface area contributed by atoms with E-state index in [4.69, 9.17) is 9.79 Å². The highest BCUT2D eigenvalue weighted by atomic mass is 31.2. The summed E-state index contributed by atoms with van der Waals surface area (Å²) in [7, 11) is -4.56. The van der Waals surface area contributed by atoms with E-state index in [9.17, 15) is 9.36 Å². The van der Waals surface area contributed by atoms with Gasteiger partial charge in [-0.2, -0.15) is 4.62 Å². The molecular formula is C3H8NO5P. The van der Waals surface area contributed by atoms with Crippen LogP contribution in [0.3, 0.4) is 0 Å². The van der Waals surface area contributed by atoms with Gasteiger partial charge in [0.2, 0.25) is 5.91 Å². The molecule has 0 atom stereocenters. The van der Waals surface area contributed by atoms with E-state index in [0.29, 0.717) is 0 Å². The Morgan fingerprint density at radius 3 is 2.50 bits per heavy atom. The molecule has 0 aliphatic heterocycles. The predicted octanol–water partition coefficient (Wildman–Crippen LogP) is -0.463. The van der Waals surface area contributed by atoms with Crippen molar-refractivity contribution in [2.24, 2.45) is 0 Å². The summed E-state index contributed by atoms with van der Waals surface area (Å²) in [5.74, 6) is -0.580. The second-order valence-electron chi connectivity index (χ2n) is 1.46. The maximum atomic E-state index is 10.3. The molecule has 60 valence electrons. The Morgan fingerprint density at radius 1 is 1.70 bits per heavy atom. The number of hydrogen-bond acceptors (Lipinski definition) is 3. The zero-order valence-electron chi connectivity index (χ0n) is 5.27. The summed E-state index contributed by atoms with van der Waals surface area (Å²) in [6.07, 6.45) is 0.111. The summed E-state index contributed by atoms with van der Waals surface area (Å²) < 4.78 is 13.6. The zero-order valence-corrected chi connectivity index (χ0v) is 6.17. The maximum absolute atomic E-state index is 10.3. The monoisotopic (exact) mass is 169 g/mol. The molecule has 0 unspecified atom stereocenters. The summed E-state index contributed by atoms with van der Waals surface area (Å²) in [6, 6.07) is 0. The number of carbonyl (C=O) groups excluding carboxylic acids is 1. The first-order chi connectivity index (χ1) is 4.45. The molecule has 0 saturated heterocycles. The summed E-state index contributed by atoms with van der Waals surface area (Å²) in [5.41, 5.74) is 1.57. The van der Waals surface area contributed by atoms with Gasteiger partial charge in [-0.25, -0.2) is 10.0 Å². The number of hydrogen-bond donors (Lipinski definition) is 3. The van der Waals surface area contributed by atoms with Crippen molar-refractivity contribution < 1.29 is 23.8 Å². The highest BCUT2D eigenvalue weighted by Gasteiger charge is 2.14. The van der Waals surface area contributed by atoms with Crippen molar-refractivity contribution in [1.29, 1.82) is 0 Å². The van der Waals surface area contributed by atoms with Crippen LogP contribution in [-0.4, -0.2) is 15.7 Å². The van der Waals surface area contributed by atoms with E-state index in [1.165, 1.54) is 6.92 Å². The largest absolute Gasteiger partial charge is 0.491 e. The lowest BCUT2D eigenvalue weighted by atomic mass is 10.5. The number of amides is 1. The van der Waals surface area contributed by atoms with E-state index in [2.05, 4.69) is 4.62 Å². The lowest BCUT2D eigenvalue weighted by molar-refractivity contribution is -0.128. The SMILES string of the molecule is CCC(=O)NOP(=O)(O)O. The van der Waals surface area contributed by atoms with Crippen LogP contribution in [0, 0.1) is 0 Å². The molecule has 0 aromatic carbocycles. The van der Waals surface area contributed by atoms with Gasteiger partial charge in [0.25, 0.3) is 0 Å². The average molecular weight is 169 g/mol. The van der Waals surface area contributed by atoms with E-state index in [0.717, 1.165) is 0 Å². The highest BCUT2D eigenvalue weighted by Crippen LogP contribution is 2.33. The minimum Gasteiger partial charge on any atom is -0.301 e. The molecule has 0 heterocycles. The smallest absolute Gasteiger partial charge is 0.301 e. The fraction of sp³-hybridized carbons (Fsp3) is 0.667. The van der Waals surface area contributed by atoms with E-state index in [1.54, 1.807) is 5.48 Å². The molecular weight excluding hydrogens is 161 g/mol. The summed E-state index contributed by atoms with van der Waals surface area (Å²) in [4.78, 5) is 26.4. The third-order valence-corrected chi connectivity index (χ3v) is 0.929. The van der Waals surface area contributed by atoms with Crippen LogP contribution in [0.2, 0.25) is 0 Å². The molecule has 0 aliphatic carbocycles. The van der Waals surface area contributed by atoms with Crippen molar-refractivity contribution in [1.82, 2.24) is 5.48 Å². The molecule has 0 spiro atoms. The molecule has 0 radical (unpaired) electrons. The topological polar surface area (TPSA) is 95.9 Å². The number of nitrogens with one attached hydrogen (secondary N) is 1. The van der Waals surface area contributed by atoms with Gasteiger partial charge in [-0.15, -0.1) is 0 Å². The lowest BCUT2D eigenvalue weighted by Gasteiger charge is -2.03. The van der Waals surface area contributed by atoms with E-state index in [-0.39, 0.29) is 6.42 Å². The van der Waals surface area contributed by atoms with Crippen LogP contribution in [0.1, 0.15) is 13.3 Å². The maximum Gasteiger partial charge on any atom is 0.491 e. The Morgan fingerprint density at radius 2 is 2.20 bits per heavy atom. The first kappa shape index (κ1) is 9.58. The van der Waals surface area contributed by atoms with Crippen LogP contribution in [-0.2, 0) is 14.0 Å².